The standard InChI is InChI=1S/C27H41NO5S2/c1-4-32-25(30)23-18-35-26(28-23)34-16-14-22-21(12-13-24(22)33-19(2)29)11-8-15-27(3,31)17-20-9-6-5-7-10-20/h8,11,18,20-22,24,31H,4-7,9-10,12-17H2,1-3H3/b11-8+/t21-,22-,24+,27?/m1/s1. The lowest BCUT2D eigenvalue weighted by atomic mass is 9.80. The molecule has 3 rings (SSSR count). The molecule has 4 atom stereocenters. The number of allylic oxidation sites excluding steroid dienone is 1. The lowest BCUT2D eigenvalue weighted by molar-refractivity contribution is -0.148. The maximum Gasteiger partial charge on any atom is 0.357 e. The first-order chi connectivity index (χ1) is 16.8. The van der Waals surface area contributed by atoms with Crippen molar-refractivity contribution in [3.8, 4) is 0 Å². The van der Waals surface area contributed by atoms with Crippen LogP contribution in [0.3, 0.4) is 0 Å². The fraction of sp³-hybridized carbons (Fsp3) is 0.741. The number of ether oxygens (including phenoxy) is 2. The number of carbonyl (C=O) groups excluding carboxylic acids is 2. The van der Waals surface area contributed by atoms with Crippen LogP contribution in [0.4, 0.5) is 0 Å². The summed E-state index contributed by atoms with van der Waals surface area (Å²) >= 11 is 3.08. The van der Waals surface area contributed by atoms with E-state index in [1.54, 1.807) is 24.1 Å². The summed E-state index contributed by atoms with van der Waals surface area (Å²) in [6.45, 7) is 5.56. The first-order valence-corrected chi connectivity index (χ1v) is 15.0. The molecule has 35 heavy (non-hydrogen) atoms. The zero-order chi connectivity index (χ0) is 25.3. The van der Waals surface area contributed by atoms with Crippen LogP contribution in [0, 0.1) is 17.8 Å². The van der Waals surface area contributed by atoms with Crippen LogP contribution in [0.5, 0.6) is 0 Å². The van der Waals surface area contributed by atoms with Gasteiger partial charge < -0.3 is 14.6 Å². The monoisotopic (exact) mass is 523 g/mol. The summed E-state index contributed by atoms with van der Waals surface area (Å²) < 4.78 is 11.5. The topological polar surface area (TPSA) is 85.7 Å². The van der Waals surface area contributed by atoms with Gasteiger partial charge in [0.05, 0.1) is 12.2 Å². The lowest BCUT2D eigenvalue weighted by Gasteiger charge is -2.30. The zero-order valence-corrected chi connectivity index (χ0v) is 23.0. The van der Waals surface area contributed by atoms with Gasteiger partial charge in [-0.1, -0.05) is 56.0 Å². The van der Waals surface area contributed by atoms with Gasteiger partial charge in [0.25, 0.3) is 0 Å². The van der Waals surface area contributed by atoms with Gasteiger partial charge in [-0.15, -0.1) is 11.3 Å². The van der Waals surface area contributed by atoms with E-state index in [1.807, 2.05) is 6.92 Å². The van der Waals surface area contributed by atoms with Crippen molar-refractivity contribution in [2.75, 3.05) is 12.4 Å². The Morgan fingerprint density at radius 2 is 2.03 bits per heavy atom. The third kappa shape index (κ3) is 9.21. The van der Waals surface area contributed by atoms with Crippen molar-refractivity contribution >= 4 is 35.0 Å². The van der Waals surface area contributed by atoms with Gasteiger partial charge in [-0.3, -0.25) is 4.79 Å². The van der Waals surface area contributed by atoms with Crippen molar-refractivity contribution < 1.29 is 24.2 Å². The number of thioether (sulfide) groups is 1. The SMILES string of the molecule is CCOC(=O)c1csc(SCC[C@@H]2[C@H](/C=C/CC(C)(O)CC3CCCCC3)CC[C@@H]2OC(C)=O)n1. The highest BCUT2D eigenvalue weighted by Gasteiger charge is 2.36. The van der Waals surface area contributed by atoms with Crippen molar-refractivity contribution in [2.24, 2.45) is 17.8 Å². The minimum absolute atomic E-state index is 0.0723. The quantitative estimate of drug-likeness (QED) is 0.192. The number of aliphatic hydroxyl groups is 1. The summed E-state index contributed by atoms with van der Waals surface area (Å²) in [5.74, 6) is 1.44. The fourth-order valence-electron chi connectivity index (χ4n) is 5.56. The number of carbonyl (C=O) groups is 2. The average Bonchev–Trinajstić information content (AvgIpc) is 3.42. The highest BCUT2D eigenvalue weighted by molar-refractivity contribution is 8.01. The summed E-state index contributed by atoms with van der Waals surface area (Å²) in [6.07, 6.45) is 15.0. The van der Waals surface area contributed by atoms with Crippen LogP contribution in [0.25, 0.3) is 0 Å². The Labute approximate surface area is 218 Å². The summed E-state index contributed by atoms with van der Waals surface area (Å²) in [6, 6.07) is 0. The minimum Gasteiger partial charge on any atom is -0.462 e. The number of esters is 2. The molecule has 0 radical (unpaired) electrons. The maximum absolute atomic E-state index is 11.9. The second kappa shape index (κ2) is 13.8. The number of hydrogen-bond donors (Lipinski definition) is 1. The molecule has 1 N–H and O–H groups in total. The van der Waals surface area contributed by atoms with Gasteiger partial charge in [0.1, 0.15) is 6.10 Å². The Balaban J connectivity index is 1.53. The molecule has 8 heteroatoms. The van der Waals surface area contributed by atoms with Gasteiger partial charge in [0.2, 0.25) is 0 Å². The number of nitrogens with zero attached hydrogens (tertiary/aromatic N) is 1. The van der Waals surface area contributed by atoms with Crippen molar-refractivity contribution in [1.82, 2.24) is 4.98 Å². The molecule has 1 aromatic rings. The molecule has 2 aliphatic carbocycles. The van der Waals surface area contributed by atoms with Crippen molar-refractivity contribution in [1.29, 1.82) is 0 Å². The predicted octanol–water partition coefficient (Wildman–Crippen LogP) is 6.43. The molecular formula is C27H41NO5S2. The molecule has 1 unspecified atom stereocenters. The normalized spacial score (nSPS) is 25.0. The maximum atomic E-state index is 11.9. The molecule has 0 bridgehead atoms. The first kappa shape index (κ1) is 28.2. The van der Waals surface area contributed by atoms with Crippen LogP contribution in [0.1, 0.15) is 95.5 Å². The zero-order valence-electron chi connectivity index (χ0n) is 21.4. The number of hydrogen-bond acceptors (Lipinski definition) is 8. The molecule has 2 saturated carbocycles. The molecule has 1 aromatic heterocycles. The van der Waals surface area contributed by atoms with Gasteiger partial charge in [-0.05, 0) is 57.8 Å². The Morgan fingerprint density at radius 1 is 1.26 bits per heavy atom. The van der Waals surface area contributed by atoms with E-state index in [2.05, 4.69) is 17.1 Å². The minimum atomic E-state index is -0.667. The summed E-state index contributed by atoms with van der Waals surface area (Å²) in [5, 5.41) is 12.7. The highest BCUT2D eigenvalue weighted by Crippen LogP contribution is 2.40. The van der Waals surface area contributed by atoms with Crippen LogP contribution in [-0.4, -0.2) is 46.1 Å². The van der Waals surface area contributed by atoms with E-state index in [0.29, 0.717) is 30.6 Å². The molecular weight excluding hydrogens is 482 g/mol. The van der Waals surface area contributed by atoms with E-state index in [9.17, 15) is 14.7 Å². The number of rotatable bonds is 12. The Bertz CT molecular complexity index is 846. The van der Waals surface area contributed by atoms with E-state index < -0.39 is 5.60 Å². The van der Waals surface area contributed by atoms with Crippen LogP contribution in [-0.2, 0) is 14.3 Å². The summed E-state index contributed by atoms with van der Waals surface area (Å²) in [7, 11) is 0. The molecule has 2 aliphatic rings. The Kier molecular flexibility index (Phi) is 11.1. The number of aromatic nitrogens is 1. The lowest BCUT2D eigenvalue weighted by Crippen LogP contribution is -2.28. The third-order valence-electron chi connectivity index (χ3n) is 7.17. The Morgan fingerprint density at radius 3 is 2.74 bits per heavy atom. The van der Waals surface area contributed by atoms with Gasteiger partial charge in [-0.25, -0.2) is 9.78 Å². The summed E-state index contributed by atoms with van der Waals surface area (Å²) in [4.78, 5) is 27.9. The highest BCUT2D eigenvalue weighted by atomic mass is 32.2. The van der Waals surface area contributed by atoms with Gasteiger partial charge in [0.15, 0.2) is 10.0 Å². The molecule has 2 fully saturated rings. The third-order valence-corrected chi connectivity index (χ3v) is 9.22. The van der Waals surface area contributed by atoms with Crippen LogP contribution >= 0.6 is 23.1 Å². The largest absolute Gasteiger partial charge is 0.462 e. The second-order valence-corrected chi connectivity index (χ2v) is 12.4. The number of thiazole rings is 1. The molecule has 0 saturated heterocycles. The van der Waals surface area contributed by atoms with Crippen LogP contribution in [0.2, 0.25) is 0 Å². The average molecular weight is 524 g/mol. The molecule has 6 nitrogen and oxygen atoms in total. The van der Waals surface area contributed by atoms with Crippen molar-refractivity contribution in [3.05, 3.63) is 23.2 Å². The fourth-order valence-corrected chi connectivity index (χ4v) is 7.46. The first-order valence-electron chi connectivity index (χ1n) is 13.1. The van der Waals surface area contributed by atoms with Gasteiger partial charge >= 0.3 is 11.9 Å². The van der Waals surface area contributed by atoms with E-state index in [-0.39, 0.29) is 24.0 Å². The van der Waals surface area contributed by atoms with Gasteiger partial charge in [-0.2, -0.15) is 0 Å². The van der Waals surface area contributed by atoms with Gasteiger partial charge in [0, 0.05) is 24.0 Å². The van der Waals surface area contributed by atoms with Crippen LogP contribution in [0.15, 0.2) is 21.9 Å². The van der Waals surface area contributed by atoms with E-state index in [0.717, 1.165) is 35.8 Å². The molecule has 0 spiro atoms. The van der Waals surface area contributed by atoms with Crippen LogP contribution < -0.4 is 0 Å². The Hall–Kier alpha value is -1.38. The second-order valence-electron chi connectivity index (χ2n) is 10.2. The van der Waals surface area contributed by atoms with E-state index >= 15 is 0 Å². The molecule has 0 amide bonds. The molecule has 196 valence electrons. The molecule has 1 heterocycles. The van der Waals surface area contributed by atoms with Crippen molar-refractivity contribution in [2.45, 2.75) is 101 Å². The van der Waals surface area contributed by atoms with E-state index in [4.69, 9.17) is 9.47 Å². The smallest absolute Gasteiger partial charge is 0.357 e. The summed E-state index contributed by atoms with van der Waals surface area (Å²) in [5.41, 5.74) is -0.307. The predicted molar refractivity (Wildman–Crippen MR) is 141 cm³/mol. The van der Waals surface area contributed by atoms with Crippen molar-refractivity contribution in [3.63, 3.8) is 0 Å². The molecule has 0 aliphatic heterocycles. The molecule has 0 aromatic carbocycles. The van der Waals surface area contributed by atoms with E-state index in [1.165, 1.54) is 50.4 Å².